The van der Waals surface area contributed by atoms with Crippen molar-refractivity contribution < 1.29 is 14.3 Å². The van der Waals surface area contributed by atoms with Gasteiger partial charge in [0.2, 0.25) is 5.91 Å². The number of rotatable bonds is 9. The summed E-state index contributed by atoms with van der Waals surface area (Å²) in [6.45, 7) is 8.44. The molecule has 0 atom stereocenters. The van der Waals surface area contributed by atoms with E-state index in [0.29, 0.717) is 18.4 Å². The Balaban J connectivity index is 0.00000341. The molecular weight excluding hydrogens is 507 g/mol. The Bertz CT molecular complexity index is 695. The van der Waals surface area contributed by atoms with Crippen molar-refractivity contribution in [3.05, 3.63) is 35.4 Å². The number of aliphatic imine (C=N–C) groups is 1. The van der Waals surface area contributed by atoms with Crippen molar-refractivity contribution >= 4 is 35.8 Å². The fraction of sp³-hybridized carbons (Fsp3) is 0.652. The average molecular weight is 544 g/mol. The van der Waals surface area contributed by atoms with E-state index < -0.39 is 0 Å². The maximum atomic E-state index is 12.6. The molecule has 2 aliphatic heterocycles. The highest BCUT2D eigenvalue weighted by Gasteiger charge is 2.20. The largest absolute Gasteiger partial charge is 0.381 e. The monoisotopic (exact) mass is 544 g/mol. The number of nitrogens with one attached hydrogen (secondary N) is 2. The van der Waals surface area contributed by atoms with Gasteiger partial charge in [-0.15, -0.1) is 24.0 Å². The first kappa shape index (κ1) is 25.9. The van der Waals surface area contributed by atoms with E-state index in [1.165, 1.54) is 11.1 Å². The van der Waals surface area contributed by atoms with E-state index >= 15 is 0 Å². The van der Waals surface area contributed by atoms with E-state index in [1.807, 2.05) is 17.9 Å². The highest BCUT2D eigenvalue weighted by atomic mass is 127. The number of hydrogen-bond donors (Lipinski definition) is 2. The quantitative estimate of drug-likeness (QED) is 0.217. The van der Waals surface area contributed by atoms with Gasteiger partial charge in [0.15, 0.2) is 5.96 Å². The van der Waals surface area contributed by atoms with Crippen LogP contribution in [0.4, 0.5) is 0 Å². The molecule has 0 unspecified atom stereocenters. The second kappa shape index (κ2) is 14.6. The summed E-state index contributed by atoms with van der Waals surface area (Å²) in [7, 11) is 0. The Hall–Kier alpha value is -1.39. The summed E-state index contributed by atoms with van der Waals surface area (Å²) >= 11 is 0. The van der Waals surface area contributed by atoms with E-state index in [4.69, 9.17) is 9.47 Å². The smallest absolute Gasteiger partial charge is 0.244 e. The van der Waals surface area contributed by atoms with Crippen LogP contribution in [-0.2, 0) is 27.2 Å². The van der Waals surface area contributed by atoms with Crippen LogP contribution in [0.25, 0.3) is 0 Å². The third-order valence-corrected chi connectivity index (χ3v) is 5.65. The minimum absolute atomic E-state index is 0. The first-order valence-corrected chi connectivity index (χ1v) is 11.3. The molecule has 0 radical (unpaired) electrons. The Labute approximate surface area is 203 Å². The third-order valence-electron chi connectivity index (χ3n) is 5.65. The van der Waals surface area contributed by atoms with Crippen molar-refractivity contribution in [1.29, 1.82) is 0 Å². The summed E-state index contributed by atoms with van der Waals surface area (Å²) in [5.74, 6) is 1.40. The van der Waals surface area contributed by atoms with Crippen LogP contribution in [0.15, 0.2) is 29.3 Å². The number of nitrogens with zero attached hydrogens (tertiary/aromatic N) is 2. The molecule has 1 aromatic rings. The maximum Gasteiger partial charge on any atom is 0.244 e. The van der Waals surface area contributed by atoms with Gasteiger partial charge in [-0.3, -0.25) is 4.79 Å². The summed E-state index contributed by atoms with van der Waals surface area (Å²) in [6, 6.07) is 8.35. The molecule has 2 N–H and O–H groups in total. The van der Waals surface area contributed by atoms with Gasteiger partial charge in [0.1, 0.15) is 6.54 Å². The topological polar surface area (TPSA) is 75.2 Å². The van der Waals surface area contributed by atoms with Crippen LogP contribution in [0, 0.1) is 5.92 Å². The molecule has 31 heavy (non-hydrogen) atoms. The number of amides is 1. The zero-order valence-corrected chi connectivity index (χ0v) is 20.9. The lowest BCUT2D eigenvalue weighted by molar-refractivity contribution is -0.130. The van der Waals surface area contributed by atoms with Gasteiger partial charge >= 0.3 is 0 Å². The van der Waals surface area contributed by atoms with E-state index in [-0.39, 0.29) is 36.4 Å². The van der Waals surface area contributed by atoms with Crippen LogP contribution < -0.4 is 10.6 Å². The molecule has 1 amide bonds. The second-order valence-electron chi connectivity index (χ2n) is 7.94. The molecule has 0 aliphatic carbocycles. The van der Waals surface area contributed by atoms with Gasteiger partial charge in [0.25, 0.3) is 0 Å². The number of benzene rings is 1. The maximum absolute atomic E-state index is 12.6. The number of halogens is 1. The Morgan fingerprint density at radius 1 is 1.23 bits per heavy atom. The van der Waals surface area contributed by atoms with Crippen LogP contribution >= 0.6 is 24.0 Å². The van der Waals surface area contributed by atoms with Crippen LogP contribution in [-0.4, -0.2) is 69.4 Å². The van der Waals surface area contributed by atoms with Crippen LogP contribution in [0.5, 0.6) is 0 Å². The van der Waals surface area contributed by atoms with Crippen molar-refractivity contribution in [1.82, 2.24) is 15.5 Å². The highest BCUT2D eigenvalue weighted by molar-refractivity contribution is 14.0. The Kier molecular flexibility index (Phi) is 12.2. The molecule has 2 heterocycles. The van der Waals surface area contributed by atoms with Crippen molar-refractivity contribution in [2.24, 2.45) is 10.9 Å². The molecule has 174 valence electrons. The number of guanidine groups is 1. The molecule has 8 heteroatoms. The lowest BCUT2D eigenvalue weighted by atomic mass is 10.00. The molecule has 0 bridgehead atoms. The van der Waals surface area contributed by atoms with Crippen LogP contribution in [0.2, 0.25) is 0 Å². The van der Waals surface area contributed by atoms with Gasteiger partial charge in [0.05, 0.1) is 0 Å². The molecule has 1 aromatic carbocycles. The van der Waals surface area contributed by atoms with E-state index in [0.717, 1.165) is 71.7 Å². The Morgan fingerprint density at radius 3 is 2.77 bits per heavy atom. The van der Waals surface area contributed by atoms with Gasteiger partial charge < -0.3 is 25.0 Å². The minimum atomic E-state index is 0. The Morgan fingerprint density at radius 2 is 2.00 bits per heavy atom. The summed E-state index contributed by atoms with van der Waals surface area (Å²) in [5.41, 5.74) is 2.59. The van der Waals surface area contributed by atoms with Crippen molar-refractivity contribution in [3.8, 4) is 0 Å². The molecule has 0 spiro atoms. The SMILES string of the molecule is CCNC(=NCC(=O)N1CCc2ccccc2C1)NCCCOCC1CCOCC1.I. The third kappa shape index (κ3) is 8.94. The van der Waals surface area contributed by atoms with Crippen molar-refractivity contribution in [2.75, 3.05) is 52.6 Å². The number of carbonyl (C=O) groups excluding carboxylic acids is 1. The van der Waals surface area contributed by atoms with Gasteiger partial charge in [-0.1, -0.05) is 24.3 Å². The summed E-state index contributed by atoms with van der Waals surface area (Å²) in [5, 5.41) is 6.51. The minimum Gasteiger partial charge on any atom is -0.381 e. The van der Waals surface area contributed by atoms with E-state index in [2.05, 4.69) is 33.8 Å². The average Bonchev–Trinajstić information content (AvgIpc) is 2.79. The molecule has 3 rings (SSSR count). The highest BCUT2D eigenvalue weighted by Crippen LogP contribution is 2.18. The number of hydrogen-bond acceptors (Lipinski definition) is 4. The number of ether oxygens (including phenoxy) is 2. The normalized spacial score (nSPS) is 16.9. The van der Waals surface area contributed by atoms with Crippen molar-refractivity contribution in [3.63, 3.8) is 0 Å². The lowest BCUT2D eigenvalue weighted by Crippen LogP contribution is -2.41. The molecule has 1 fully saturated rings. The first-order chi connectivity index (χ1) is 14.8. The summed E-state index contributed by atoms with van der Waals surface area (Å²) in [4.78, 5) is 19.0. The number of fused-ring (bicyclic) bond motifs is 1. The van der Waals surface area contributed by atoms with Gasteiger partial charge in [-0.2, -0.15) is 0 Å². The molecular formula is C23H37IN4O3. The summed E-state index contributed by atoms with van der Waals surface area (Å²) < 4.78 is 11.2. The predicted molar refractivity (Wildman–Crippen MR) is 134 cm³/mol. The molecule has 0 aromatic heterocycles. The fourth-order valence-corrected chi connectivity index (χ4v) is 3.84. The molecule has 0 saturated carbocycles. The second-order valence-corrected chi connectivity index (χ2v) is 7.94. The predicted octanol–water partition coefficient (Wildman–Crippen LogP) is 2.58. The van der Waals surface area contributed by atoms with E-state index in [9.17, 15) is 4.79 Å². The molecule has 1 saturated heterocycles. The number of carbonyl (C=O) groups is 1. The zero-order valence-electron chi connectivity index (χ0n) is 18.6. The molecule has 2 aliphatic rings. The van der Waals surface area contributed by atoms with Crippen molar-refractivity contribution in [2.45, 2.75) is 39.2 Å². The van der Waals surface area contributed by atoms with E-state index in [1.54, 1.807) is 0 Å². The van der Waals surface area contributed by atoms with Crippen LogP contribution in [0.3, 0.4) is 0 Å². The zero-order chi connectivity index (χ0) is 21.0. The van der Waals surface area contributed by atoms with Crippen LogP contribution in [0.1, 0.15) is 37.3 Å². The van der Waals surface area contributed by atoms with Gasteiger partial charge in [-0.25, -0.2) is 4.99 Å². The lowest BCUT2D eigenvalue weighted by Gasteiger charge is -2.28. The first-order valence-electron chi connectivity index (χ1n) is 11.3. The van der Waals surface area contributed by atoms with Gasteiger partial charge in [0, 0.05) is 52.6 Å². The standard InChI is InChI=1S/C23H36N4O3.HI/c1-2-24-23(25-11-5-13-30-18-19-9-14-29-15-10-19)26-16-22(28)27-12-8-20-6-3-4-7-21(20)17-27;/h3-4,6-7,19H,2,5,8-18H2,1H3,(H2,24,25,26);1H. The fourth-order valence-electron chi connectivity index (χ4n) is 3.84. The van der Waals surface area contributed by atoms with Gasteiger partial charge in [-0.05, 0) is 49.7 Å². The molecule has 7 nitrogen and oxygen atoms in total. The summed E-state index contributed by atoms with van der Waals surface area (Å²) in [6.07, 6.45) is 4.03.